The van der Waals surface area contributed by atoms with Crippen molar-refractivity contribution < 1.29 is 39.8 Å². The molecule has 9 nitrogen and oxygen atoms in total. The maximum Gasteiger partial charge on any atom is 0.220 e. The minimum atomic E-state index is -1.56. The van der Waals surface area contributed by atoms with Crippen LogP contribution in [-0.4, -0.2) is 87.5 Å². The molecular weight excluding hydrogens is 1070 g/mol. The molecule has 0 aliphatic carbocycles. The van der Waals surface area contributed by atoms with Gasteiger partial charge in [-0.15, -0.1) is 0 Å². The number of allylic oxidation sites excluding steroid dienone is 18. The summed E-state index contributed by atoms with van der Waals surface area (Å²) in [6, 6.07) is -0.735. The zero-order chi connectivity index (χ0) is 62.1. The number of carbonyl (C=O) groups is 1. The minimum absolute atomic E-state index is 0.147. The van der Waals surface area contributed by atoms with Gasteiger partial charge in [-0.2, -0.15) is 0 Å². The lowest BCUT2D eigenvalue weighted by molar-refractivity contribution is -0.302. The topological polar surface area (TPSA) is 149 Å². The number of ether oxygens (including phenoxy) is 2. The summed E-state index contributed by atoms with van der Waals surface area (Å²) in [4.78, 5) is 13.2. The van der Waals surface area contributed by atoms with Crippen molar-refractivity contribution in [1.29, 1.82) is 0 Å². The van der Waals surface area contributed by atoms with E-state index >= 15 is 0 Å². The molecule has 496 valence electrons. The highest BCUT2D eigenvalue weighted by atomic mass is 16.7. The van der Waals surface area contributed by atoms with Crippen LogP contribution < -0.4 is 5.32 Å². The highest BCUT2D eigenvalue weighted by Crippen LogP contribution is 2.24. The highest BCUT2D eigenvalue weighted by molar-refractivity contribution is 5.76. The third-order valence-electron chi connectivity index (χ3n) is 16.6. The van der Waals surface area contributed by atoms with Crippen molar-refractivity contribution in [2.24, 2.45) is 0 Å². The van der Waals surface area contributed by atoms with Gasteiger partial charge in [-0.3, -0.25) is 4.79 Å². The van der Waals surface area contributed by atoms with E-state index in [0.717, 1.165) is 109 Å². The molecule has 0 spiro atoms. The second-order valence-electron chi connectivity index (χ2n) is 24.7. The van der Waals surface area contributed by atoms with Crippen LogP contribution in [0.5, 0.6) is 0 Å². The lowest BCUT2D eigenvalue weighted by Crippen LogP contribution is -2.60. The summed E-state index contributed by atoms with van der Waals surface area (Å²) in [7, 11) is 0. The molecular formula is C77H135NO8. The van der Waals surface area contributed by atoms with Crippen molar-refractivity contribution in [3.8, 4) is 0 Å². The fourth-order valence-corrected chi connectivity index (χ4v) is 11.0. The quantitative estimate of drug-likeness (QED) is 0.0261. The summed E-state index contributed by atoms with van der Waals surface area (Å²) >= 11 is 0. The summed E-state index contributed by atoms with van der Waals surface area (Å²) in [6.07, 6.45) is 88.6. The lowest BCUT2D eigenvalue weighted by Gasteiger charge is -2.40. The molecule has 9 heteroatoms. The average Bonchev–Trinajstić information content (AvgIpc) is 3.65. The maximum atomic E-state index is 13.2. The number of nitrogens with one attached hydrogen (secondary N) is 1. The Kier molecular flexibility index (Phi) is 61.0. The molecule has 86 heavy (non-hydrogen) atoms. The van der Waals surface area contributed by atoms with Crippen LogP contribution in [0.4, 0.5) is 0 Å². The Hall–Kier alpha value is -3.15. The van der Waals surface area contributed by atoms with Crippen molar-refractivity contribution in [3.63, 3.8) is 0 Å². The van der Waals surface area contributed by atoms with Crippen LogP contribution >= 0.6 is 0 Å². The zero-order valence-electron chi connectivity index (χ0n) is 55.5. The van der Waals surface area contributed by atoms with Crippen LogP contribution in [0, 0.1) is 0 Å². The number of aliphatic hydroxyl groups excluding tert-OH is 5. The molecule has 1 rings (SSSR count). The minimum Gasteiger partial charge on any atom is -0.394 e. The van der Waals surface area contributed by atoms with E-state index < -0.39 is 49.5 Å². The summed E-state index contributed by atoms with van der Waals surface area (Å²) in [5.74, 6) is -0.156. The number of amides is 1. The molecule has 6 N–H and O–H groups in total. The molecule has 0 radical (unpaired) electrons. The zero-order valence-corrected chi connectivity index (χ0v) is 55.5. The smallest absolute Gasteiger partial charge is 0.220 e. The number of unbranched alkanes of at least 4 members (excludes halogenated alkanes) is 34. The third-order valence-corrected chi connectivity index (χ3v) is 16.6. The van der Waals surface area contributed by atoms with Crippen LogP contribution in [0.3, 0.4) is 0 Å². The second kappa shape index (κ2) is 64.8. The highest BCUT2D eigenvalue weighted by Gasteiger charge is 2.44. The predicted molar refractivity (Wildman–Crippen MR) is 368 cm³/mol. The fourth-order valence-electron chi connectivity index (χ4n) is 11.0. The number of hydrogen-bond acceptors (Lipinski definition) is 8. The van der Waals surface area contributed by atoms with Gasteiger partial charge in [-0.1, -0.05) is 335 Å². The monoisotopic (exact) mass is 1200 g/mol. The van der Waals surface area contributed by atoms with Gasteiger partial charge in [0, 0.05) is 6.42 Å². The Balaban J connectivity index is 2.15. The lowest BCUT2D eigenvalue weighted by atomic mass is 9.99. The first-order chi connectivity index (χ1) is 42.3. The van der Waals surface area contributed by atoms with Crippen LogP contribution in [0.25, 0.3) is 0 Å². The molecule has 1 heterocycles. The van der Waals surface area contributed by atoms with E-state index in [2.05, 4.69) is 129 Å². The molecule has 7 atom stereocenters. The Morgan fingerprint density at radius 1 is 0.407 bits per heavy atom. The molecule has 1 amide bonds. The van der Waals surface area contributed by atoms with Gasteiger partial charge in [0.1, 0.15) is 24.4 Å². The van der Waals surface area contributed by atoms with Crippen molar-refractivity contribution in [1.82, 2.24) is 5.32 Å². The summed E-state index contributed by atoms with van der Waals surface area (Å²) in [5.41, 5.74) is 0. The van der Waals surface area contributed by atoms with E-state index in [1.165, 1.54) is 180 Å². The van der Waals surface area contributed by atoms with Crippen LogP contribution in [0.1, 0.15) is 316 Å². The Morgan fingerprint density at radius 2 is 0.721 bits per heavy atom. The van der Waals surface area contributed by atoms with Crippen LogP contribution in [0.15, 0.2) is 109 Å². The molecule has 0 aromatic rings. The predicted octanol–water partition coefficient (Wildman–Crippen LogP) is 20.0. The number of hydrogen-bond donors (Lipinski definition) is 6. The maximum absolute atomic E-state index is 13.2. The van der Waals surface area contributed by atoms with E-state index in [1.54, 1.807) is 0 Å². The van der Waals surface area contributed by atoms with Gasteiger partial charge in [0.05, 0.1) is 25.4 Å². The Bertz CT molecular complexity index is 1730. The first-order valence-electron chi connectivity index (χ1n) is 36.1. The largest absolute Gasteiger partial charge is 0.394 e. The van der Waals surface area contributed by atoms with Crippen LogP contribution in [0.2, 0.25) is 0 Å². The summed E-state index contributed by atoms with van der Waals surface area (Å²) in [5, 5.41) is 55.0. The molecule has 1 fully saturated rings. The van der Waals surface area contributed by atoms with Gasteiger partial charge >= 0.3 is 0 Å². The molecule has 0 saturated carbocycles. The molecule has 1 saturated heterocycles. The van der Waals surface area contributed by atoms with E-state index in [9.17, 15) is 30.3 Å². The molecule has 1 aliphatic rings. The number of rotatable bonds is 62. The standard InChI is InChI=1S/C77H135NO8/c1-3-5-7-9-11-13-15-17-19-21-23-25-27-29-31-33-34-35-36-37-38-39-41-43-45-47-49-51-53-55-57-59-61-63-65-67-73(81)78-70(69-85-77-76(84)75(83)74(82)72(68-79)86-77)71(80)66-64-62-60-58-56-54-52-50-48-46-44-42-40-32-30-28-26-24-22-20-18-16-14-12-10-8-6-4-2/h5,7,11,13,17,19,23,25,29,31,34-35,37-38,41,43,47,49,70-72,74-77,79-80,82-84H,3-4,6,8-10,12,14-16,18,20-22,24,26-28,30,32-33,36,39-40,42,44-46,48,50-69H2,1-2H3,(H,78,81)/b7-5-,13-11-,19-17-,25-23-,31-29-,35-34-,38-37-,43-41-,49-47-. The number of aliphatic hydroxyl groups is 5. The van der Waals surface area contributed by atoms with Crippen molar-refractivity contribution in [2.45, 2.75) is 358 Å². The van der Waals surface area contributed by atoms with Gasteiger partial charge in [-0.05, 0) is 83.5 Å². The van der Waals surface area contributed by atoms with Gasteiger partial charge in [0.15, 0.2) is 6.29 Å². The first kappa shape index (κ1) is 80.9. The van der Waals surface area contributed by atoms with E-state index in [1.807, 2.05) is 0 Å². The molecule has 0 aromatic carbocycles. The van der Waals surface area contributed by atoms with E-state index in [4.69, 9.17) is 9.47 Å². The Labute approximate surface area is 529 Å². The molecule has 0 aromatic heterocycles. The summed E-state index contributed by atoms with van der Waals surface area (Å²) in [6.45, 7) is 3.75. The normalized spacial score (nSPS) is 18.7. The average molecular weight is 1200 g/mol. The molecule has 7 unspecified atom stereocenters. The third kappa shape index (κ3) is 52.8. The second-order valence-corrected chi connectivity index (χ2v) is 24.7. The molecule has 1 aliphatic heterocycles. The van der Waals surface area contributed by atoms with Gasteiger partial charge < -0.3 is 40.3 Å². The van der Waals surface area contributed by atoms with Crippen molar-refractivity contribution >= 4 is 5.91 Å². The van der Waals surface area contributed by atoms with E-state index in [0.29, 0.717) is 12.8 Å². The fraction of sp³-hybridized carbons (Fsp3) is 0.753. The molecule has 0 bridgehead atoms. The summed E-state index contributed by atoms with van der Waals surface area (Å²) < 4.78 is 11.4. The van der Waals surface area contributed by atoms with Crippen molar-refractivity contribution in [3.05, 3.63) is 109 Å². The first-order valence-corrected chi connectivity index (χ1v) is 36.1. The van der Waals surface area contributed by atoms with Crippen LogP contribution in [-0.2, 0) is 14.3 Å². The van der Waals surface area contributed by atoms with Crippen molar-refractivity contribution in [2.75, 3.05) is 13.2 Å². The van der Waals surface area contributed by atoms with Gasteiger partial charge in [0.2, 0.25) is 5.91 Å². The SMILES string of the molecule is CC/C=C\C/C=C\C/C=C\C/C=C\C/C=C\C/C=C\C/C=C\C/C=C\C/C=C\CCCCCCCCCC(=O)NC(COC1OC(CO)C(O)C(O)C1O)C(O)CCCCCCCCCCCCCCCCCCCCCCCCCCCCCC. The van der Waals surface area contributed by atoms with Gasteiger partial charge in [0.25, 0.3) is 0 Å². The van der Waals surface area contributed by atoms with Gasteiger partial charge in [-0.25, -0.2) is 0 Å². The Morgan fingerprint density at radius 3 is 1.07 bits per heavy atom. The number of carbonyl (C=O) groups excluding carboxylic acids is 1. The van der Waals surface area contributed by atoms with E-state index in [-0.39, 0.29) is 12.5 Å².